The van der Waals surface area contributed by atoms with E-state index >= 15 is 0 Å². The largest absolute Gasteiger partial charge is 0.309 e. The maximum atomic E-state index is 2.48. The van der Waals surface area contributed by atoms with Crippen LogP contribution in [-0.2, 0) is 0 Å². The predicted molar refractivity (Wildman–Crippen MR) is 207 cm³/mol. The lowest BCUT2D eigenvalue weighted by atomic mass is 10.1. The van der Waals surface area contributed by atoms with E-state index in [0.29, 0.717) is 0 Å². The van der Waals surface area contributed by atoms with Crippen LogP contribution >= 0.6 is 0 Å². The lowest BCUT2D eigenvalue weighted by molar-refractivity contribution is 1.12. The average molecular weight is 624 g/mol. The summed E-state index contributed by atoms with van der Waals surface area (Å²) in [7, 11) is 0. The predicted octanol–water partition coefficient (Wildman–Crippen LogP) is 12.1. The van der Waals surface area contributed by atoms with E-state index in [9.17, 15) is 0 Å². The first-order valence-electron chi connectivity index (χ1n) is 16.9. The molecule has 0 aliphatic rings. The van der Waals surface area contributed by atoms with E-state index in [-0.39, 0.29) is 0 Å². The summed E-state index contributed by atoms with van der Waals surface area (Å²) in [5, 5.41) is 8.80. The van der Waals surface area contributed by atoms with Gasteiger partial charge in [0.1, 0.15) is 5.65 Å². The molecule has 11 aromatic rings. The second kappa shape index (κ2) is 9.96. The molecule has 228 valence electrons. The number of benzene rings is 7. The minimum atomic E-state index is 1.15. The Hall–Kier alpha value is -6.58. The highest BCUT2D eigenvalue weighted by Gasteiger charge is 2.22. The topological polar surface area (TPSA) is 14.3 Å². The zero-order chi connectivity index (χ0) is 32.1. The van der Waals surface area contributed by atoms with E-state index in [2.05, 4.69) is 189 Å². The van der Waals surface area contributed by atoms with Crippen molar-refractivity contribution in [3.05, 3.63) is 176 Å². The molecule has 4 aromatic heterocycles. The van der Waals surface area contributed by atoms with E-state index in [0.717, 1.165) is 11.4 Å². The lowest BCUT2D eigenvalue weighted by Gasteiger charge is -2.13. The highest BCUT2D eigenvalue weighted by atomic mass is 15.1. The van der Waals surface area contributed by atoms with Gasteiger partial charge in [0.15, 0.2) is 0 Å². The maximum absolute atomic E-state index is 2.48. The fraction of sp³-hybridized carbons (Fsp3) is 0. The normalized spacial score (nSPS) is 12.1. The highest BCUT2D eigenvalue weighted by Crippen LogP contribution is 2.42. The van der Waals surface area contributed by atoms with Gasteiger partial charge in [0.05, 0.1) is 27.6 Å². The molecule has 4 heterocycles. The molecule has 0 radical (unpaired) electrons. The molecule has 0 saturated heterocycles. The number of aromatic nitrogens is 3. The summed E-state index contributed by atoms with van der Waals surface area (Å²) >= 11 is 0. The van der Waals surface area contributed by atoms with E-state index < -0.39 is 0 Å². The molecule has 0 spiro atoms. The van der Waals surface area contributed by atoms with Crippen LogP contribution in [0.4, 0.5) is 0 Å². The van der Waals surface area contributed by atoms with Crippen molar-refractivity contribution in [3.63, 3.8) is 0 Å². The van der Waals surface area contributed by atoms with Crippen molar-refractivity contribution in [1.82, 2.24) is 13.5 Å². The molecule has 7 aromatic carbocycles. The van der Waals surface area contributed by atoms with Crippen molar-refractivity contribution in [1.29, 1.82) is 0 Å². The number of hydrogen-bond donors (Lipinski definition) is 0. The fourth-order valence-corrected chi connectivity index (χ4v) is 8.30. The van der Waals surface area contributed by atoms with Gasteiger partial charge in [0.25, 0.3) is 0 Å². The second-order valence-corrected chi connectivity index (χ2v) is 13.0. The van der Waals surface area contributed by atoms with E-state index in [4.69, 9.17) is 0 Å². The van der Waals surface area contributed by atoms with Crippen LogP contribution in [0, 0.1) is 0 Å². The smallest absolute Gasteiger partial charge is 0.131 e. The summed E-state index contributed by atoms with van der Waals surface area (Å²) in [6, 6.07) is 64.2. The van der Waals surface area contributed by atoms with Gasteiger partial charge < -0.3 is 4.57 Å². The van der Waals surface area contributed by atoms with Gasteiger partial charge in [-0.1, -0.05) is 121 Å². The Labute approximate surface area is 282 Å². The third-order valence-corrected chi connectivity index (χ3v) is 10.4. The number of fused-ring (bicyclic) bond motifs is 13. The van der Waals surface area contributed by atoms with E-state index in [1.54, 1.807) is 0 Å². The number of para-hydroxylation sites is 3. The summed E-state index contributed by atoms with van der Waals surface area (Å²) in [5.74, 6) is 0. The number of rotatable bonds is 3. The molecule has 0 unspecified atom stereocenters. The van der Waals surface area contributed by atoms with Gasteiger partial charge in [-0.2, -0.15) is 0 Å². The number of pyridine rings is 1. The van der Waals surface area contributed by atoms with Crippen LogP contribution in [0.3, 0.4) is 0 Å². The SMILES string of the molecule is c1ccc(-c2cccc(-n3c4ccccc4c4cc(-n5c6ccccc6c6c7ccccc7c7cc8ccccc8n7c65)ccc43)c2)cc1. The van der Waals surface area contributed by atoms with Crippen molar-refractivity contribution < 1.29 is 0 Å². The van der Waals surface area contributed by atoms with Gasteiger partial charge in [-0.05, 0) is 71.1 Å². The number of hydrogen-bond acceptors (Lipinski definition) is 0. The molecule has 3 nitrogen and oxygen atoms in total. The lowest BCUT2D eigenvalue weighted by Crippen LogP contribution is -2.00. The van der Waals surface area contributed by atoms with Crippen LogP contribution in [0.25, 0.3) is 93.4 Å². The standard InChI is InChI=1S/C46H29N3/c1-2-13-30(14-3-1)31-16-12-17-33(27-31)47-41-23-10-7-19-36(41)39-29-34(25-26-43(39)47)48-42-24-11-8-21-38(42)45-37-20-6-5-18-35(37)44-28-32-15-4-9-22-40(32)49(44)46(45)48/h1-29H. The Balaban J connectivity index is 1.25. The average Bonchev–Trinajstić information content (AvgIpc) is 3.83. The van der Waals surface area contributed by atoms with Crippen molar-refractivity contribution >= 4 is 70.9 Å². The Morgan fingerprint density at radius 1 is 0.306 bits per heavy atom. The third-order valence-electron chi connectivity index (χ3n) is 10.4. The Morgan fingerprint density at radius 3 is 1.71 bits per heavy atom. The van der Waals surface area contributed by atoms with E-state index in [1.165, 1.54) is 82.1 Å². The third kappa shape index (κ3) is 3.67. The number of nitrogens with zero attached hydrogens (tertiary/aromatic N) is 3. The van der Waals surface area contributed by atoms with Crippen molar-refractivity contribution in [2.45, 2.75) is 0 Å². The molecule has 3 heteroatoms. The van der Waals surface area contributed by atoms with Crippen molar-refractivity contribution in [3.8, 4) is 22.5 Å². The Kier molecular flexibility index (Phi) is 5.38. The second-order valence-electron chi connectivity index (χ2n) is 13.0. The van der Waals surface area contributed by atoms with Gasteiger partial charge in [-0.25, -0.2) is 0 Å². The zero-order valence-electron chi connectivity index (χ0n) is 26.6. The minimum Gasteiger partial charge on any atom is -0.309 e. The first kappa shape index (κ1) is 26.5. The molecular formula is C46H29N3. The van der Waals surface area contributed by atoms with Gasteiger partial charge in [0, 0.05) is 43.7 Å². The summed E-state index contributed by atoms with van der Waals surface area (Å²) in [5.41, 5.74) is 12.0. The van der Waals surface area contributed by atoms with E-state index in [1.807, 2.05) is 0 Å². The van der Waals surface area contributed by atoms with Crippen LogP contribution in [0.15, 0.2) is 176 Å². The first-order chi connectivity index (χ1) is 24.3. The molecule has 0 saturated carbocycles. The summed E-state index contributed by atoms with van der Waals surface area (Å²) < 4.78 is 7.38. The molecule has 0 N–H and O–H groups in total. The molecule has 0 fully saturated rings. The zero-order valence-corrected chi connectivity index (χ0v) is 26.6. The quantitative estimate of drug-likeness (QED) is 0.186. The fourth-order valence-electron chi connectivity index (χ4n) is 8.30. The van der Waals surface area contributed by atoms with Crippen LogP contribution < -0.4 is 0 Å². The molecule has 49 heavy (non-hydrogen) atoms. The Bertz CT molecular complexity index is 3100. The van der Waals surface area contributed by atoms with Crippen LogP contribution in [0.2, 0.25) is 0 Å². The molecule has 11 rings (SSSR count). The molecule has 0 atom stereocenters. The van der Waals surface area contributed by atoms with Gasteiger partial charge in [0.2, 0.25) is 0 Å². The van der Waals surface area contributed by atoms with Gasteiger partial charge >= 0.3 is 0 Å². The van der Waals surface area contributed by atoms with Crippen molar-refractivity contribution in [2.75, 3.05) is 0 Å². The van der Waals surface area contributed by atoms with Crippen LogP contribution in [0.1, 0.15) is 0 Å². The van der Waals surface area contributed by atoms with Gasteiger partial charge in [-0.15, -0.1) is 0 Å². The molecular weight excluding hydrogens is 595 g/mol. The summed E-state index contributed by atoms with van der Waals surface area (Å²) in [6.45, 7) is 0. The Morgan fingerprint density at radius 2 is 0.898 bits per heavy atom. The molecule has 0 aliphatic carbocycles. The summed E-state index contributed by atoms with van der Waals surface area (Å²) in [4.78, 5) is 0. The molecule has 0 bridgehead atoms. The first-order valence-corrected chi connectivity index (χ1v) is 16.9. The molecule has 0 amide bonds. The maximum Gasteiger partial charge on any atom is 0.131 e. The van der Waals surface area contributed by atoms with Crippen molar-refractivity contribution in [2.24, 2.45) is 0 Å². The van der Waals surface area contributed by atoms with Crippen LogP contribution in [0.5, 0.6) is 0 Å². The highest BCUT2D eigenvalue weighted by molar-refractivity contribution is 6.25. The minimum absolute atomic E-state index is 1.15. The van der Waals surface area contributed by atoms with Gasteiger partial charge in [-0.3, -0.25) is 8.97 Å². The van der Waals surface area contributed by atoms with Crippen LogP contribution in [-0.4, -0.2) is 13.5 Å². The monoisotopic (exact) mass is 623 g/mol. The molecule has 0 aliphatic heterocycles. The summed E-state index contributed by atoms with van der Waals surface area (Å²) in [6.07, 6.45) is 0.